The van der Waals surface area contributed by atoms with Crippen LogP contribution in [0.5, 0.6) is 0 Å². The van der Waals surface area contributed by atoms with Crippen LogP contribution in [0.4, 0.5) is 0 Å². The molecule has 2 N–H and O–H groups in total. The Morgan fingerprint density at radius 1 is 0.944 bits per heavy atom. The summed E-state index contributed by atoms with van der Waals surface area (Å²) in [6.07, 6.45) is 0.302. The Kier molecular flexibility index (Phi) is 5.06. The Morgan fingerprint density at radius 2 is 1.33 bits per heavy atom. The minimum atomic E-state index is -1.11. The number of aliphatic carboxylic acids is 2. The fourth-order valence-corrected chi connectivity index (χ4v) is 1.70. The van der Waals surface area contributed by atoms with Gasteiger partial charge in [0.2, 0.25) is 0 Å². The van der Waals surface area contributed by atoms with Crippen LogP contribution in [-0.2, 0) is 22.4 Å². The number of hydrogen-bond donors (Lipinski definition) is 2. The van der Waals surface area contributed by atoms with Gasteiger partial charge in [0.1, 0.15) is 9.73 Å². The van der Waals surface area contributed by atoms with Crippen molar-refractivity contribution in [3.05, 3.63) is 35.4 Å². The number of carboxylic acid groups (broad SMARTS) is 2. The van der Waals surface area contributed by atoms with E-state index < -0.39 is 11.9 Å². The SMILES string of the molecule is O=C(O)C(=S)Cc1cccc(CC(=S)C(=O)O)c1. The van der Waals surface area contributed by atoms with E-state index in [2.05, 4.69) is 0 Å². The lowest BCUT2D eigenvalue weighted by atomic mass is 10.0. The summed E-state index contributed by atoms with van der Waals surface area (Å²) >= 11 is 9.43. The van der Waals surface area contributed by atoms with Crippen molar-refractivity contribution in [3.63, 3.8) is 0 Å². The number of benzene rings is 1. The van der Waals surface area contributed by atoms with Crippen LogP contribution in [0.1, 0.15) is 11.1 Å². The number of hydrogen-bond acceptors (Lipinski definition) is 4. The van der Waals surface area contributed by atoms with Crippen molar-refractivity contribution >= 4 is 46.1 Å². The van der Waals surface area contributed by atoms with E-state index >= 15 is 0 Å². The quantitative estimate of drug-likeness (QED) is 0.773. The Morgan fingerprint density at radius 3 is 1.67 bits per heavy atom. The molecule has 0 saturated heterocycles. The maximum atomic E-state index is 10.6. The van der Waals surface area contributed by atoms with Crippen LogP contribution < -0.4 is 0 Å². The lowest BCUT2D eigenvalue weighted by molar-refractivity contribution is -0.130. The average molecular weight is 282 g/mol. The first-order valence-corrected chi connectivity index (χ1v) is 5.82. The molecule has 0 bridgehead atoms. The monoisotopic (exact) mass is 282 g/mol. The molecule has 4 nitrogen and oxygen atoms in total. The predicted molar refractivity (Wildman–Crippen MR) is 74.3 cm³/mol. The average Bonchev–Trinajstić information content (AvgIpc) is 2.29. The number of thiocarbonyl (C=S) groups is 2. The molecule has 0 atom stereocenters. The van der Waals surface area contributed by atoms with Gasteiger partial charge in [0.15, 0.2) is 0 Å². The normalized spacial score (nSPS) is 9.78. The van der Waals surface area contributed by atoms with Gasteiger partial charge in [0.25, 0.3) is 0 Å². The smallest absolute Gasteiger partial charge is 0.342 e. The Balaban J connectivity index is 2.80. The molecule has 1 rings (SSSR count). The van der Waals surface area contributed by atoms with E-state index in [1.807, 2.05) is 0 Å². The highest BCUT2D eigenvalue weighted by Gasteiger charge is 2.10. The molecule has 0 aliphatic carbocycles. The molecule has 6 heteroatoms. The molecule has 0 unspecified atom stereocenters. The zero-order valence-electron chi connectivity index (χ0n) is 9.25. The van der Waals surface area contributed by atoms with E-state index in [0.29, 0.717) is 0 Å². The summed E-state index contributed by atoms with van der Waals surface area (Å²) in [5, 5.41) is 17.4. The number of rotatable bonds is 6. The van der Waals surface area contributed by atoms with E-state index in [0.717, 1.165) is 11.1 Å². The van der Waals surface area contributed by atoms with Crippen molar-refractivity contribution in [3.8, 4) is 0 Å². The second-order valence-electron chi connectivity index (χ2n) is 3.63. The van der Waals surface area contributed by atoms with Crippen molar-refractivity contribution in [2.24, 2.45) is 0 Å². The molecule has 0 aliphatic rings. The van der Waals surface area contributed by atoms with E-state index in [-0.39, 0.29) is 22.6 Å². The lowest BCUT2D eigenvalue weighted by Gasteiger charge is -2.04. The standard InChI is InChI=1S/C12H10O4S2/c13-11(14)9(17)5-7-2-1-3-8(4-7)6-10(18)12(15)16/h1-4H,5-6H2,(H,13,14)(H,15,16). The molecule has 0 amide bonds. The summed E-state index contributed by atoms with van der Waals surface area (Å²) in [4.78, 5) is 21.1. The highest BCUT2D eigenvalue weighted by molar-refractivity contribution is 7.82. The summed E-state index contributed by atoms with van der Waals surface area (Å²) < 4.78 is 0. The fourth-order valence-electron chi connectivity index (χ4n) is 1.37. The van der Waals surface area contributed by atoms with Crippen LogP contribution in [-0.4, -0.2) is 31.9 Å². The second-order valence-corrected chi connectivity index (χ2v) is 4.62. The maximum Gasteiger partial charge on any atom is 0.342 e. The molecule has 0 fully saturated rings. The summed E-state index contributed by atoms with van der Waals surface area (Å²) in [6.45, 7) is 0. The van der Waals surface area contributed by atoms with Gasteiger partial charge in [-0.05, 0) is 11.1 Å². The van der Waals surface area contributed by atoms with Crippen LogP contribution in [0.25, 0.3) is 0 Å². The molecular weight excluding hydrogens is 272 g/mol. The van der Waals surface area contributed by atoms with Crippen molar-refractivity contribution < 1.29 is 19.8 Å². The van der Waals surface area contributed by atoms with Crippen molar-refractivity contribution in [1.82, 2.24) is 0 Å². The topological polar surface area (TPSA) is 74.6 Å². The van der Waals surface area contributed by atoms with E-state index in [1.165, 1.54) is 0 Å². The van der Waals surface area contributed by atoms with Gasteiger partial charge in [0.05, 0.1) is 0 Å². The first-order chi connectivity index (χ1) is 8.40. The lowest BCUT2D eigenvalue weighted by Crippen LogP contribution is -2.14. The molecular formula is C12H10O4S2. The van der Waals surface area contributed by atoms with Gasteiger partial charge < -0.3 is 10.2 Å². The summed E-state index contributed by atoms with van der Waals surface area (Å²) in [6, 6.07) is 6.91. The minimum Gasteiger partial charge on any atom is -0.477 e. The van der Waals surface area contributed by atoms with Gasteiger partial charge in [0, 0.05) is 12.8 Å². The van der Waals surface area contributed by atoms with E-state index in [1.54, 1.807) is 24.3 Å². The summed E-state index contributed by atoms with van der Waals surface area (Å²) in [5.41, 5.74) is 1.46. The van der Waals surface area contributed by atoms with Gasteiger partial charge in [-0.15, -0.1) is 0 Å². The van der Waals surface area contributed by atoms with Crippen molar-refractivity contribution in [2.75, 3.05) is 0 Å². The van der Waals surface area contributed by atoms with Crippen LogP contribution in [0.2, 0.25) is 0 Å². The summed E-state index contributed by atoms with van der Waals surface area (Å²) in [7, 11) is 0. The first kappa shape index (κ1) is 14.4. The third kappa shape index (κ3) is 4.31. The summed E-state index contributed by atoms with van der Waals surface area (Å²) in [5.74, 6) is -2.23. The van der Waals surface area contributed by atoms with Crippen LogP contribution in [0, 0.1) is 0 Å². The van der Waals surface area contributed by atoms with E-state index in [4.69, 9.17) is 34.6 Å². The zero-order valence-corrected chi connectivity index (χ0v) is 10.9. The molecule has 0 aliphatic heterocycles. The van der Waals surface area contributed by atoms with Gasteiger partial charge in [-0.25, -0.2) is 9.59 Å². The highest BCUT2D eigenvalue weighted by atomic mass is 32.1. The van der Waals surface area contributed by atoms with Gasteiger partial charge in [-0.2, -0.15) is 0 Å². The number of carbonyl (C=O) groups is 2. The molecule has 0 aromatic heterocycles. The molecule has 18 heavy (non-hydrogen) atoms. The van der Waals surface area contributed by atoms with Crippen molar-refractivity contribution in [2.45, 2.75) is 12.8 Å². The Hall–Kier alpha value is -1.66. The maximum absolute atomic E-state index is 10.6. The zero-order chi connectivity index (χ0) is 13.7. The molecule has 0 spiro atoms. The molecule has 0 saturated carbocycles. The van der Waals surface area contributed by atoms with Gasteiger partial charge in [-0.1, -0.05) is 48.7 Å². The first-order valence-electron chi connectivity index (χ1n) is 5.00. The predicted octanol–water partition coefficient (Wildman–Crippen LogP) is 1.68. The van der Waals surface area contributed by atoms with Gasteiger partial charge in [-0.3, -0.25) is 0 Å². The Labute approximate surface area is 114 Å². The molecule has 1 aromatic carbocycles. The fraction of sp³-hybridized carbons (Fsp3) is 0.167. The number of carboxylic acids is 2. The van der Waals surface area contributed by atoms with Crippen LogP contribution in [0.15, 0.2) is 24.3 Å². The molecule has 94 valence electrons. The second kappa shape index (κ2) is 6.32. The third-order valence-corrected chi connectivity index (χ3v) is 2.84. The minimum absolute atomic E-state index is 0.0760. The van der Waals surface area contributed by atoms with Crippen LogP contribution in [0.3, 0.4) is 0 Å². The van der Waals surface area contributed by atoms with Crippen LogP contribution >= 0.6 is 24.4 Å². The molecule has 0 radical (unpaired) electrons. The Bertz CT molecular complexity index is 479. The molecule has 0 heterocycles. The molecule has 1 aromatic rings. The van der Waals surface area contributed by atoms with Gasteiger partial charge >= 0.3 is 11.9 Å². The van der Waals surface area contributed by atoms with E-state index in [9.17, 15) is 9.59 Å². The third-order valence-electron chi connectivity index (χ3n) is 2.20. The van der Waals surface area contributed by atoms with Crippen molar-refractivity contribution in [1.29, 1.82) is 0 Å². The highest BCUT2D eigenvalue weighted by Crippen LogP contribution is 2.09. The largest absolute Gasteiger partial charge is 0.477 e.